The molecule has 2 rings (SSSR count). The van der Waals surface area contributed by atoms with Crippen molar-refractivity contribution in [2.75, 3.05) is 19.9 Å². The van der Waals surface area contributed by atoms with Gasteiger partial charge < -0.3 is 4.74 Å². The van der Waals surface area contributed by atoms with E-state index in [-0.39, 0.29) is 0 Å². The molecule has 2 saturated heterocycles. The number of hydrogen-bond acceptors (Lipinski definition) is 2. The molecule has 0 radical (unpaired) electrons. The van der Waals surface area contributed by atoms with Gasteiger partial charge in [-0.05, 0) is 18.8 Å². The third-order valence-corrected chi connectivity index (χ3v) is 2.96. The highest BCUT2D eigenvalue weighted by atomic mass is 16.5. The standard InChI is InChI=1S/C9H17NO/c1-8-6-11-7-10-5-3-2-4-9(8)10/h8-9H,2-7H2,1H3/t8-,9+/m1/s1. The van der Waals surface area contributed by atoms with Crippen molar-refractivity contribution in [3.8, 4) is 0 Å². The van der Waals surface area contributed by atoms with Gasteiger partial charge in [0, 0.05) is 12.6 Å². The van der Waals surface area contributed by atoms with Gasteiger partial charge >= 0.3 is 0 Å². The quantitative estimate of drug-likeness (QED) is 0.525. The number of piperidine rings is 1. The first-order valence-electron chi connectivity index (χ1n) is 4.70. The Morgan fingerprint density at radius 2 is 2.27 bits per heavy atom. The van der Waals surface area contributed by atoms with Crippen LogP contribution in [0, 0.1) is 5.92 Å². The minimum atomic E-state index is 0.754. The second kappa shape index (κ2) is 3.11. The van der Waals surface area contributed by atoms with Crippen LogP contribution in [0.15, 0.2) is 0 Å². The molecule has 0 aliphatic carbocycles. The van der Waals surface area contributed by atoms with Crippen molar-refractivity contribution in [3.63, 3.8) is 0 Å². The molecule has 2 aliphatic rings. The van der Waals surface area contributed by atoms with Gasteiger partial charge in [0.15, 0.2) is 0 Å². The molecule has 0 bridgehead atoms. The highest BCUT2D eigenvalue weighted by Crippen LogP contribution is 2.26. The fourth-order valence-corrected chi connectivity index (χ4v) is 2.29. The van der Waals surface area contributed by atoms with Crippen molar-refractivity contribution in [1.82, 2.24) is 4.90 Å². The molecule has 2 fully saturated rings. The number of rotatable bonds is 0. The van der Waals surface area contributed by atoms with Crippen LogP contribution in [-0.2, 0) is 4.74 Å². The zero-order valence-electron chi connectivity index (χ0n) is 7.25. The minimum absolute atomic E-state index is 0.754. The van der Waals surface area contributed by atoms with Crippen molar-refractivity contribution in [3.05, 3.63) is 0 Å². The molecule has 0 aromatic carbocycles. The van der Waals surface area contributed by atoms with Crippen molar-refractivity contribution >= 4 is 0 Å². The molecule has 0 N–H and O–H groups in total. The number of ether oxygens (including phenoxy) is 1. The van der Waals surface area contributed by atoms with Gasteiger partial charge in [0.2, 0.25) is 0 Å². The van der Waals surface area contributed by atoms with Crippen LogP contribution in [0.3, 0.4) is 0 Å². The normalized spacial score (nSPS) is 40.1. The maximum atomic E-state index is 5.48. The van der Waals surface area contributed by atoms with E-state index in [1.807, 2.05) is 0 Å². The number of fused-ring (bicyclic) bond motifs is 1. The third kappa shape index (κ3) is 1.42. The topological polar surface area (TPSA) is 12.5 Å². The van der Waals surface area contributed by atoms with Crippen LogP contribution in [0.4, 0.5) is 0 Å². The summed E-state index contributed by atoms with van der Waals surface area (Å²) < 4.78 is 5.48. The van der Waals surface area contributed by atoms with Crippen molar-refractivity contribution in [1.29, 1.82) is 0 Å². The summed E-state index contributed by atoms with van der Waals surface area (Å²) in [5.41, 5.74) is 0. The number of nitrogens with zero attached hydrogens (tertiary/aromatic N) is 1. The van der Waals surface area contributed by atoms with Gasteiger partial charge in [-0.1, -0.05) is 13.3 Å². The fraction of sp³-hybridized carbons (Fsp3) is 1.00. The molecule has 0 spiro atoms. The van der Waals surface area contributed by atoms with E-state index in [4.69, 9.17) is 4.74 Å². The zero-order chi connectivity index (χ0) is 7.68. The first kappa shape index (κ1) is 7.56. The average molecular weight is 155 g/mol. The lowest BCUT2D eigenvalue weighted by molar-refractivity contribution is -0.0910. The molecule has 11 heavy (non-hydrogen) atoms. The molecule has 2 nitrogen and oxygen atoms in total. The third-order valence-electron chi connectivity index (χ3n) is 2.96. The van der Waals surface area contributed by atoms with Crippen LogP contribution in [-0.4, -0.2) is 30.8 Å². The van der Waals surface area contributed by atoms with Crippen LogP contribution in [0.2, 0.25) is 0 Å². The van der Waals surface area contributed by atoms with Crippen molar-refractivity contribution in [2.45, 2.75) is 32.2 Å². The Hall–Kier alpha value is -0.0800. The zero-order valence-corrected chi connectivity index (χ0v) is 7.25. The Morgan fingerprint density at radius 3 is 3.09 bits per heavy atom. The summed E-state index contributed by atoms with van der Waals surface area (Å²) >= 11 is 0. The molecule has 0 amide bonds. The molecular formula is C9H17NO. The lowest BCUT2D eigenvalue weighted by Crippen LogP contribution is -2.49. The molecule has 0 saturated carbocycles. The van der Waals surface area contributed by atoms with E-state index in [1.165, 1.54) is 25.8 Å². The Balaban J connectivity index is 1.99. The van der Waals surface area contributed by atoms with Crippen LogP contribution >= 0.6 is 0 Å². The predicted octanol–water partition coefficient (Wildman–Crippen LogP) is 1.46. The molecule has 2 atom stereocenters. The van der Waals surface area contributed by atoms with Crippen molar-refractivity contribution in [2.24, 2.45) is 5.92 Å². The van der Waals surface area contributed by atoms with E-state index < -0.39 is 0 Å². The molecule has 0 unspecified atom stereocenters. The van der Waals surface area contributed by atoms with E-state index in [0.717, 1.165) is 25.3 Å². The van der Waals surface area contributed by atoms with E-state index in [0.29, 0.717) is 0 Å². The van der Waals surface area contributed by atoms with E-state index in [2.05, 4.69) is 11.8 Å². The first-order valence-corrected chi connectivity index (χ1v) is 4.70. The summed E-state index contributed by atoms with van der Waals surface area (Å²) in [6.07, 6.45) is 4.18. The van der Waals surface area contributed by atoms with Crippen molar-refractivity contribution < 1.29 is 4.74 Å². The summed E-state index contributed by atoms with van der Waals surface area (Å²) in [4.78, 5) is 2.50. The highest BCUT2D eigenvalue weighted by Gasteiger charge is 2.30. The maximum Gasteiger partial charge on any atom is 0.0992 e. The van der Waals surface area contributed by atoms with Gasteiger partial charge in [-0.2, -0.15) is 0 Å². The van der Waals surface area contributed by atoms with Crippen LogP contribution in [0.25, 0.3) is 0 Å². The van der Waals surface area contributed by atoms with Gasteiger partial charge in [-0.15, -0.1) is 0 Å². The fourth-order valence-electron chi connectivity index (χ4n) is 2.29. The molecule has 0 aromatic heterocycles. The van der Waals surface area contributed by atoms with Gasteiger partial charge in [-0.25, -0.2) is 0 Å². The van der Waals surface area contributed by atoms with E-state index in [9.17, 15) is 0 Å². The Bertz CT molecular complexity index is 136. The summed E-state index contributed by atoms with van der Waals surface area (Å²) in [5, 5.41) is 0. The van der Waals surface area contributed by atoms with Crippen LogP contribution in [0.1, 0.15) is 26.2 Å². The SMILES string of the molecule is C[C@@H]1COCN2CCCC[C@@H]12. The molecule has 2 aliphatic heterocycles. The van der Waals surface area contributed by atoms with Gasteiger partial charge in [0.05, 0.1) is 13.3 Å². The maximum absolute atomic E-state index is 5.48. The summed E-state index contributed by atoms with van der Waals surface area (Å²) in [7, 11) is 0. The molecule has 2 heterocycles. The van der Waals surface area contributed by atoms with Gasteiger partial charge in [-0.3, -0.25) is 4.90 Å². The molecule has 0 aromatic rings. The first-order chi connectivity index (χ1) is 5.38. The lowest BCUT2D eigenvalue weighted by atomic mass is 9.91. The van der Waals surface area contributed by atoms with Crippen LogP contribution in [0.5, 0.6) is 0 Å². The molecule has 2 heteroatoms. The number of hydrogen-bond donors (Lipinski definition) is 0. The Morgan fingerprint density at radius 1 is 1.36 bits per heavy atom. The summed E-state index contributed by atoms with van der Waals surface area (Å²) in [6.45, 7) is 5.42. The molecular weight excluding hydrogens is 138 g/mol. The highest BCUT2D eigenvalue weighted by molar-refractivity contribution is 4.81. The predicted molar refractivity (Wildman–Crippen MR) is 44.3 cm³/mol. The largest absolute Gasteiger partial charge is 0.366 e. The van der Waals surface area contributed by atoms with E-state index in [1.54, 1.807) is 0 Å². The van der Waals surface area contributed by atoms with E-state index >= 15 is 0 Å². The van der Waals surface area contributed by atoms with Gasteiger partial charge in [0.1, 0.15) is 0 Å². The molecule has 64 valence electrons. The Labute approximate surface area is 68.5 Å². The summed E-state index contributed by atoms with van der Waals surface area (Å²) in [6, 6.07) is 0.831. The van der Waals surface area contributed by atoms with Crippen LogP contribution < -0.4 is 0 Å². The Kier molecular flexibility index (Phi) is 2.14. The monoisotopic (exact) mass is 155 g/mol. The van der Waals surface area contributed by atoms with Gasteiger partial charge in [0.25, 0.3) is 0 Å². The smallest absolute Gasteiger partial charge is 0.0992 e. The summed E-state index contributed by atoms with van der Waals surface area (Å²) in [5.74, 6) is 0.754. The minimum Gasteiger partial charge on any atom is -0.366 e. The lowest BCUT2D eigenvalue weighted by Gasteiger charge is -2.42. The average Bonchev–Trinajstić information content (AvgIpc) is 2.06. The second-order valence-electron chi connectivity index (χ2n) is 3.85. The second-order valence-corrected chi connectivity index (χ2v) is 3.85.